The summed E-state index contributed by atoms with van der Waals surface area (Å²) in [7, 11) is 0. The average Bonchev–Trinajstić information content (AvgIpc) is 2.23. The monoisotopic (exact) mass is 206 g/mol. The number of benzene rings is 1. The molecule has 3 heteroatoms. The molecule has 0 amide bonds. The van der Waals surface area contributed by atoms with Crippen LogP contribution in [0.5, 0.6) is 11.5 Å². The summed E-state index contributed by atoms with van der Waals surface area (Å²) in [5.74, 6) is 0.446. The normalized spacial score (nSPS) is 9.67. The van der Waals surface area contributed by atoms with Crippen molar-refractivity contribution in [2.75, 3.05) is 6.61 Å². The van der Waals surface area contributed by atoms with Crippen molar-refractivity contribution in [2.24, 2.45) is 0 Å². The highest BCUT2D eigenvalue weighted by Gasteiger charge is 2.05. The van der Waals surface area contributed by atoms with E-state index >= 15 is 0 Å². The second-order valence-electron chi connectivity index (χ2n) is 3.08. The Morgan fingerprint density at radius 3 is 2.93 bits per heavy atom. The Morgan fingerprint density at radius 1 is 1.60 bits per heavy atom. The maximum Gasteiger partial charge on any atom is 0.161 e. The highest BCUT2D eigenvalue weighted by molar-refractivity contribution is 5.90. The van der Waals surface area contributed by atoms with Crippen LogP contribution in [-0.2, 0) is 11.2 Å². The van der Waals surface area contributed by atoms with Crippen molar-refractivity contribution in [1.82, 2.24) is 0 Å². The summed E-state index contributed by atoms with van der Waals surface area (Å²) in [6.07, 6.45) is 1.57. The van der Waals surface area contributed by atoms with Crippen LogP contribution in [0.3, 0.4) is 0 Å². The molecule has 15 heavy (non-hydrogen) atoms. The Labute approximate surface area is 89.0 Å². The first-order chi connectivity index (χ1) is 7.17. The maximum atomic E-state index is 11.1. The molecule has 0 aromatic heterocycles. The molecule has 0 aliphatic rings. The minimum Gasteiger partial charge on any atom is -0.504 e. The molecule has 0 bridgehead atoms. The predicted octanol–water partition coefficient (Wildman–Crippen LogP) is 2.09. The smallest absolute Gasteiger partial charge is 0.161 e. The maximum absolute atomic E-state index is 11.1. The van der Waals surface area contributed by atoms with Gasteiger partial charge in [-0.25, -0.2) is 0 Å². The van der Waals surface area contributed by atoms with E-state index in [4.69, 9.17) is 4.74 Å². The molecule has 0 heterocycles. The Balaban J connectivity index is 2.86. The molecule has 0 aliphatic heterocycles. The van der Waals surface area contributed by atoms with E-state index < -0.39 is 0 Å². The van der Waals surface area contributed by atoms with E-state index in [2.05, 4.69) is 6.58 Å². The molecule has 3 nitrogen and oxygen atoms in total. The molecule has 0 unspecified atom stereocenters. The van der Waals surface area contributed by atoms with Gasteiger partial charge in [-0.05, 0) is 30.7 Å². The van der Waals surface area contributed by atoms with Crippen LogP contribution >= 0.6 is 0 Å². The predicted molar refractivity (Wildman–Crippen MR) is 58.2 cm³/mol. The molecule has 80 valence electrons. The third kappa shape index (κ3) is 3.13. The van der Waals surface area contributed by atoms with Crippen molar-refractivity contribution >= 4 is 5.78 Å². The number of rotatable bonds is 5. The summed E-state index contributed by atoms with van der Waals surface area (Å²) in [6, 6.07) is 4.89. The van der Waals surface area contributed by atoms with E-state index in [1.807, 2.05) is 6.92 Å². The van der Waals surface area contributed by atoms with E-state index in [0.29, 0.717) is 12.4 Å². The molecule has 0 atom stereocenters. The highest BCUT2D eigenvalue weighted by atomic mass is 16.5. The van der Waals surface area contributed by atoms with Crippen LogP contribution in [0.25, 0.3) is 0 Å². The molecule has 1 N–H and O–H groups in total. The van der Waals surface area contributed by atoms with Gasteiger partial charge in [-0.15, -0.1) is 0 Å². The number of hydrogen-bond acceptors (Lipinski definition) is 3. The van der Waals surface area contributed by atoms with Gasteiger partial charge in [0.15, 0.2) is 17.3 Å². The van der Waals surface area contributed by atoms with Crippen molar-refractivity contribution in [2.45, 2.75) is 13.3 Å². The number of allylic oxidation sites excluding steroid dienone is 1. The highest BCUT2D eigenvalue weighted by Crippen LogP contribution is 2.26. The molecule has 0 spiro atoms. The minimum atomic E-state index is -0.0526. The van der Waals surface area contributed by atoms with E-state index in [1.54, 1.807) is 12.1 Å². The molecule has 0 aliphatic carbocycles. The molecular weight excluding hydrogens is 192 g/mol. The van der Waals surface area contributed by atoms with E-state index in [9.17, 15) is 9.90 Å². The SMILES string of the molecule is C=CC(=O)Cc1ccc(O)c(OCC)c1. The van der Waals surface area contributed by atoms with Crippen LogP contribution in [-0.4, -0.2) is 17.5 Å². The number of phenols is 1. The van der Waals surface area contributed by atoms with Gasteiger partial charge in [0.1, 0.15) is 0 Å². The second kappa shape index (κ2) is 5.20. The largest absolute Gasteiger partial charge is 0.504 e. The zero-order chi connectivity index (χ0) is 11.3. The molecule has 1 rings (SSSR count). The van der Waals surface area contributed by atoms with Gasteiger partial charge in [0, 0.05) is 6.42 Å². The van der Waals surface area contributed by atoms with Crippen LogP contribution in [0.15, 0.2) is 30.9 Å². The fraction of sp³-hybridized carbons (Fsp3) is 0.250. The Bertz CT molecular complexity index is 369. The number of hydrogen-bond donors (Lipinski definition) is 1. The number of phenolic OH excluding ortho intramolecular Hbond substituents is 1. The molecule has 1 aromatic rings. The van der Waals surface area contributed by atoms with Crippen molar-refractivity contribution in [3.8, 4) is 11.5 Å². The summed E-state index contributed by atoms with van der Waals surface area (Å²) in [4.78, 5) is 11.1. The van der Waals surface area contributed by atoms with E-state index in [0.717, 1.165) is 5.56 Å². The number of ether oxygens (including phenoxy) is 1. The molecule has 1 aromatic carbocycles. The van der Waals surface area contributed by atoms with Crippen molar-refractivity contribution in [3.63, 3.8) is 0 Å². The lowest BCUT2D eigenvalue weighted by Crippen LogP contribution is -1.99. The van der Waals surface area contributed by atoms with Gasteiger partial charge in [-0.1, -0.05) is 12.6 Å². The number of carbonyl (C=O) groups excluding carboxylic acids is 1. The molecular formula is C12H14O3. The Kier molecular flexibility index (Phi) is 3.92. The van der Waals surface area contributed by atoms with Crippen molar-refractivity contribution < 1.29 is 14.6 Å². The van der Waals surface area contributed by atoms with E-state index in [-0.39, 0.29) is 18.0 Å². The van der Waals surface area contributed by atoms with E-state index in [1.165, 1.54) is 12.1 Å². The van der Waals surface area contributed by atoms with Gasteiger partial charge in [0.05, 0.1) is 6.61 Å². The summed E-state index contributed by atoms with van der Waals surface area (Å²) >= 11 is 0. The van der Waals surface area contributed by atoms with Crippen LogP contribution in [0.4, 0.5) is 0 Å². The topological polar surface area (TPSA) is 46.5 Å². The Hall–Kier alpha value is -1.77. The van der Waals surface area contributed by atoms with Crippen LogP contribution < -0.4 is 4.74 Å². The van der Waals surface area contributed by atoms with Gasteiger partial charge in [0.2, 0.25) is 0 Å². The summed E-state index contributed by atoms with van der Waals surface area (Å²) < 4.78 is 5.21. The van der Waals surface area contributed by atoms with Gasteiger partial charge >= 0.3 is 0 Å². The number of ketones is 1. The molecule has 0 saturated carbocycles. The first kappa shape index (κ1) is 11.3. The third-order valence-electron chi connectivity index (χ3n) is 1.93. The molecule has 0 radical (unpaired) electrons. The molecule has 0 fully saturated rings. The third-order valence-corrected chi connectivity index (χ3v) is 1.93. The number of carbonyl (C=O) groups is 1. The summed E-state index contributed by atoms with van der Waals surface area (Å²) in [6.45, 7) is 5.72. The summed E-state index contributed by atoms with van der Waals surface area (Å²) in [5.41, 5.74) is 0.807. The van der Waals surface area contributed by atoms with Gasteiger partial charge < -0.3 is 9.84 Å². The van der Waals surface area contributed by atoms with Crippen LogP contribution in [0, 0.1) is 0 Å². The zero-order valence-electron chi connectivity index (χ0n) is 8.69. The molecule has 0 saturated heterocycles. The van der Waals surface area contributed by atoms with Crippen molar-refractivity contribution in [3.05, 3.63) is 36.4 Å². The number of aromatic hydroxyl groups is 1. The van der Waals surface area contributed by atoms with Gasteiger partial charge in [-0.3, -0.25) is 4.79 Å². The first-order valence-electron chi connectivity index (χ1n) is 4.77. The minimum absolute atomic E-state index is 0.0526. The fourth-order valence-corrected chi connectivity index (χ4v) is 1.21. The van der Waals surface area contributed by atoms with Gasteiger partial charge in [0.25, 0.3) is 0 Å². The van der Waals surface area contributed by atoms with Crippen LogP contribution in [0.1, 0.15) is 12.5 Å². The quantitative estimate of drug-likeness (QED) is 0.750. The van der Waals surface area contributed by atoms with Crippen LogP contribution in [0.2, 0.25) is 0 Å². The van der Waals surface area contributed by atoms with Gasteiger partial charge in [-0.2, -0.15) is 0 Å². The Morgan fingerprint density at radius 2 is 2.33 bits per heavy atom. The fourth-order valence-electron chi connectivity index (χ4n) is 1.21. The average molecular weight is 206 g/mol. The first-order valence-corrected chi connectivity index (χ1v) is 4.77. The standard InChI is InChI=1S/C12H14O3/c1-3-10(13)7-9-5-6-11(14)12(8-9)15-4-2/h3,5-6,8,14H,1,4,7H2,2H3. The van der Waals surface area contributed by atoms with Crippen molar-refractivity contribution in [1.29, 1.82) is 0 Å². The lowest BCUT2D eigenvalue weighted by Gasteiger charge is -2.07. The summed E-state index contributed by atoms with van der Waals surface area (Å²) in [5, 5.41) is 9.43. The lowest BCUT2D eigenvalue weighted by molar-refractivity contribution is -0.114. The zero-order valence-corrected chi connectivity index (χ0v) is 8.69. The second-order valence-corrected chi connectivity index (χ2v) is 3.08. The lowest BCUT2D eigenvalue weighted by atomic mass is 10.1.